The third-order valence-electron chi connectivity index (χ3n) is 6.43. The number of unbranched alkanes of at least 4 members (excludes halogenated alkanes) is 20. The van der Waals surface area contributed by atoms with Crippen molar-refractivity contribution in [3.05, 3.63) is 36.5 Å². The number of rotatable bonds is 26. The normalized spacial score (nSPS) is 12.2. The van der Waals surface area contributed by atoms with Crippen molar-refractivity contribution < 1.29 is 0 Å². The average Bonchev–Trinajstić information content (AvgIpc) is 2.81. The molecule has 0 radical (unpaired) electrons. The van der Waals surface area contributed by atoms with Gasteiger partial charge in [-0.3, -0.25) is 0 Å². The molecule has 0 amide bonds. The maximum atomic E-state index is 2.44. The smallest absolute Gasteiger partial charge is 0.0351 e. The fourth-order valence-electron chi connectivity index (χ4n) is 4.19. The first kappa shape index (κ1) is 31.2. The molecule has 0 saturated heterocycles. The average molecular weight is 445 g/mol. The molecule has 0 aromatic carbocycles. The summed E-state index contributed by atoms with van der Waals surface area (Å²) in [5.41, 5.74) is 0. The minimum absolute atomic E-state index is 1.29. The first-order chi connectivity index (χ1) is 15.9. The van der Waals surface area contributed by atoms with Crippen LogP contribution >= 0.6 is 0 Å². The van der Waals surface area contributed by atoms with E-state index in [0.29, 0.717) is 0 Å². The summed E-state index contributed by atoms with van der Waals surface area (Å²) in [6, 6.07) is 0. The zero-order chi connectivity index (χ0) is 23.2. The van der Waals surface area contributed by atoms with Gasteiger partial charge in [0.05, 0.1) is 0 Å². The molecule has 188 valence electrons. The van der Waals surface area contributed by atoms with Crippen LogP contribution in [0.15, 0.2) is 36.5 Å². The summed E-state index contributed by atoms with van der Waals surface area (Å²) in [5, 5.41) is 0. The van der Waals surface area contributed by atoms with Crippen LogP contribution in [0, 0.1) is 0 Å². The van der Waals surface area contributed by atoms with E-state index in [4.69, 9.17) is 0 Å². The van der Waals surface area contributed by atoms with E-state index in [1.54, 1.807) is 0 Å². The largest absolute Gasteiger partial charge is 0.0885 e. The summed E-state index contributed by atoms with van der Waals surface area (Å²) in [6.45, 7) is 4.55. The Morgan fingerprint density at radius 3 is 0.656 bits per heavy atom. The van der Waals surface area contributed by atoms with E-state index in [-0.39, 0.29) is 0 Å². The van der Waals surface area contributed by atoms with Crippen LogP contribution in [0.25, 0.3) is 0 Å². The van der Waals surface area contributed by atoms with Gasteiger partial charge >= 0.3 is 0 Å². The molecule has 0 aliphatic carbocycles. The third-order valence-corrected chi connectivity index (χ3v) is 6.43. The second-order valence-electron chi connectivity index (χ2n) is 9.80. The molecular formula is C32H60. The van der Waals surface area contributed by atoms with E-state index in [9.17, 15) is 0 Å². The van der Waals surface area contributed by atoms with Crippen LogP contribution in [-0.4, -0.2) is 0 Å². The first-order valence-corrected chi connectivity index (χ1v) is 14.9. The zero-order valence-electron chi connectivity index (χ0n) is 22.4. The van der Waals surface area contributed by atoms with E-state index in [2.05, 4.69) is 50.3 Å². The molecule has 0 saturated carbocycles. The lowest BCUT2D eigenvalue weighted by Gasteiger charge is -2.00. The summed E-state index contributed by atoms with van der Waals surface area (Å²) < 4.78 is 0. The van der Waals surface area contributed by atoms with Crippen LogP contribution in [0.1, 0.15) is 168 Å². The molecule has 0 N–H and O–H groups in total. The van der Waals surface area contributed by atoms with Crippen molar-refractivity contribution >= 4 is 0 Å². The Balaban J connectivity index is 3.15. The molecule has 0 aromatic heterocycles. The molecule has 0 bridgehead atoms. The standard InChI is InChI=1S/C32H60/c1-3-5-7-9-11-13-15-17-19-21-23-25-27-29-31-32-30-28-26-24-22-20-18-16-14-12-10-8-6-4-2/h11-14,31-32H,3-10,15-30H2,1-2H3/b13-11?,14-12?,32-31-. The van der Waals surface area contributed by atoms with Crippen LogP contribution < -0.4 is 0 Å². The number of hydrogen-bond acceptors (Lipinski definition) is 0. The second-order valence-corrected chi connectivity index (χ2v) is 9.80. The van der Waals surface area contributed by atoms with Gasteiger partial charge in [0.1, 0.15) is 0 Å². The van der Waals surface area contributed by atoms with Crippen molar-refractivity contribution in [1.29, 1.82) is 0 Å². The van der Waals surface area contributed by atoms with Gasteiger partial charge < -0.3 is 0 Å². The highest BCUT2D eigenvalue weighted by Crippen LogP contribution is 2.12. The van der Waals surface area contributed by atoms with Crippen molar-refractivity contribution in [1.82, 2.24) is 0 Å². The zero-order valence-corrected chi connectivity index (χ0v) is 22.4. The Labute approximate surface area is 204 Å². The number of allylic oxidation sites excluding steroid dienone is 6. The van der Waals surface area contributed by atoms with Crippen LogP contribution in [0.3, 0.4) is 0 Å². The van der Waals surface area contributed by atoms with Crippen LogP contribution in [0.2, 0.25) is 0 Å². The van der Waals surface area contributed by atoms with Gasteiger partial charge in [-0.25, -0.2) is 0 Å². The molecule has 0 heteroatoms. The highest BCUT2D eigenvalue weighted by atomic mass is 14.0. The molecule has 0 aliphatic rings. The van der Waals surface area contributed by atoms with Crippen LogP contribution in [-0.2, 0) is 0 Å². The van der Waals surface area contributed by atoms with E-state index >= 15 is 0 Å². The maximum absolute atomic E-state index is 2.44. The fourth-order valence-corrected chi connectivity index (χ4v) is 4.19. The van der Waals surface area contributed by atoms with Crippen molar-refractivity contribution in [2.75, 3.05) is 0 Å². The van der Waals surface area contributed by atoms with Gasteiger partial charge in [-0.1, -0.05) is 127 Å². The Hall–Kier alpha value is -0.780. The lowest BCUT2D eigenvalue weighted by atomic mass is 10.1. The van der Waals surface area contributed by atoms with Gasteiger partial charge in [0, 0.05) is 0 Å². The predicted octanol–water partition coefficient (Wildman–Crippen LogP) is 12.1. The topological polar surface area (TPSA) is 0 Å². The molecule has 0 unspecified atom stereocenters. The molecule has 0 spiro atoms. The van der Waals surface area contributed by atoms with Crippen molar-refractivity contribution in [3.63, 3.8) is 0 Å². The quantitative estimate of drug-likeness (QED) is 0.0918. The molecular weight excluding hydrogens is 384 g/mol. The van der Waals surface area contributed by atoms with E-state index in [1.165, 1.54) is 154 Å². The molecule has 0 atom stereocenters. The van der Waals surface area contributed by atoms with Crippen LogP contribution in [0.4, 0.5) is 0 Å². The predicted molar refractivity (Wildman–Crippen MR) is 150 cm³/mol. The van der Waals surface area contributed by atoms with Gasteiger partial charge in [0.2, 0.25) is 0 Å². The molecule has 0 heterocycles. The molecule has 0 fully saturated rings. The highest BCUT2D eigenvalue weighted by Gasteiger charge is 1.92. The molecule has 0 rings (SSSR count). The second kappa shape index (κ2) is 30.2. The Kier molecular flexibility index (Phi) is 29.5. The highest BCUT2D eigenvalue weighted by molar-refractivity contribution is 4.82. The molecule has 0 aliphatic heterocycles. The third kappa shape index (κ3) is 29.2. The van der Waals surface area contributed by atoms with Gasteiger partial charge in [0.15, 0.2) is 0 Å². The van der Waals surface area contributed by atoms with E-state index in [1.807, 2.05) is 0 Å². The summed E-state index contributed by atoms with van der Waals surface area (Å²) in [4.78, 5) is 0. The minimum Gasteiger partial charge on any atom is -0.0885 e. The van der Waals surface area contributed by atoms with E-state index < -0.39 is 0 Å². The van der Waals surface area contributed by atoms with Crippen molar-refractivity contribution in [2.45, 2.75) is 168 Å². The van der Waals surface area contributed by atoms with Crippen LogP contribution in [0.5, 0.6) is 0 Å². The Bertz CT molecular complexity index is 362. The van der Waals surface area contributed by atoms with Gasteiger partial charge in [-0.05, 0) is 77.0 Å². The van der Waals surface area contributed by atoms with Crippen molar-refractivity contribution in [3.8, 4) is 0 Å². The van der Waals surface area contributed by atoms with Gasteiger partial charge in [-0.15, -0.1) is 0 Å². The monoisotopic (exact) mass is 444 g/mol. The minimum atomic E-state index is 1.29. The summed E-state index contributed by atoms with van der Waals surface area (Å²) in [7, 11) is 0. The molecule has 0 aromatic rings. The summed E-state index contributed by atoms with van der Waals surface area (Å²) in [5.74, 6) is 0. The molecule has 32 heavy (non-hydrogen) atoms. The SMILES string of the molecule is CCCCCC=CCCCCCCCC/C=C\CCCCCCCCC=CCCCCC. The summed E-state index contributed by atoms with van der Waals surface area (Å²) in [6.07, 6.45) is 47.4. The maximum Gasteiger partial charge on any atom is -0.0351 e. The fraction of sp³-hybridized carbons (Fsp3) is 0.812. The van der Waals surface area contributed by atoms with Gasteiger partial charge in [0.25, 0.3) is 0 Å². The lowest BCUT2D eigenvalue weighted by molar-refractivity contribution is 0.595. The van der Waals surface area contributed by atoms with Crippen molar-refractivity contribution in [2.24, 2.45) is 0 Å². The summed E-state index contributed by atoms with van der Waals surface area (Å²) >= 11 is 0. The Morgan fingerprint density at radius 1 is 0.250 bits per heavy atom. The Morgan fingerprint density at radius 2 is 0.438 bits per heavy atom. The van der Waals surface area contributed by atoms with Gasteiger partial charge in [-0.2, -0.15) is 0 Å². The first-order valence-electron chi connectivity index (χ1n) is 14.9. The molecule has 0 nitrogen and oxygen atoms in total. The lowest BCUT2D eigenvalue weighted by Crippen LogP contribution is -1.80. The number of hydrogen-bond donors (Lipinski definition) is 0. The van der Waals surface area contributed by atoms with E-state index in [0.717, 1.165) is 0 Å².